The third-order valence-corrected chi connectivity index (χ3v) is 4.18. The molecular formula is C10H14N2OS2. The van der Waals surface area contributed by atoms with E-state index in [-0.39, 0.29) is 12.3 Å². The van der Waals surface area contributed by atoms with Crippen molar-refractivity contribution in [2.75, 3.05) is 5.75 Å². The minimum atomic E-state index is -0.307. The molecule has 0 saturated heterocycles. The maximum absolute atomic E-state index is 10.8. The molecule has 0 fully saturated rings. The quantitative estimate of drug-likeness (QED) is 0.636. The second-order valence-electron chi connectivity index (χ2n) is 3.38. The zero-order valence-electron chi connectivity index (χ0n) is 8.87. The fourth-order valence-corrected chi connectivity index (χ4v) is 3.06. The molecule has 1 rings (SSSR count). The third-order valence-electron chi connectivity index (χ3n) is 1.65. The van der Waals surface area contributed by atoms with Crippen molar-refractivity contribution in [1.82, 2.24) is 4.98 Å². The van der Waals surface area contributed by atoms with Crippen LogP contribution in [0, 0.1) is 6.92 Å². The topological polar surface area (TPSA) is 56.0 Å². The number of carbonyl (C=O) groups is 1. The van der Waals surface area contributed by atoms with Crippen LogP contribution in [0.3, 0.4) is 0 Å². The Kier molecular flexibility index (Phi) is 4.35. The highest BCUT2D eigenvalue weighted by Gasteiger charge is 2.09. The molecule has 2 N–H and O–H groups in total. The summed E-state index contributed by atoms with van der Waals surface area (Å²) in [6.45, 7) is 7.72. The van der Waals surface area contributed by atoms with E-state index in [4.69, 9.17) is 5.73 Å². The highest BCUT2D eigenvalue weighted by Crippen LogP contribution is 2.28. The number of nitrogens with two attached hydrogens (primary N) is 1. The Morgan fingerprint density at radius 2 is 2.33 bits per heavy atom. The highest BCUT2D eigenvalue weighted by atomic mass is 32.2. The van der Waals surface area contributed by atoms with Crippen molar-refractivity contribution in [2.24, 2.45) is 5.73 Å². The Morgan fingerprint density at radius 1 is 1.67 bits per heavy atom. The van der Waals surface area contributed by atoms with Crippen LogP contribution in [0.1, 0.15) is 17.5 Å². The van der Waals surface area contributed by atoms with Crippen LogP contribution in [-0.4, -0.2) is 16.6 Å². The summed E-state index contributed by atoms with van der Waals surface area (Å²) < 4.78 is 0.978. The van der Waals surface area contributed by atoms with E-state index in [1.165, 1.54) is 11.3 Å². The van der Waals surface area contributed by atoms with E-state index >= 15 is 0 Å². The Balaban J connectivity index is 2.68. The number of rotatable bonds is 5. The van der Waals surface area contributed by atoms with E-state index in [1.54, 1.807) is 11.8 Å². The summed E-state index contributed by atoms with van der Waals surface area (Å²) in [5.41, 5.74) is 7.16. The van der Waals surface area contributed by atoms with Crippen LogP contribution < -0.4 is 5.73 Å². The van der Waals surface area contributed by atoms with Gasteiger partial charge in [0, 0.05) is 10.6 Å². The van der Waals surface area contributed by atoms with Gasteiger partial charge in [0.2, 0.25) is 5.91 Å². The second kappa shape index (κ2) is 5.32. The summed E-state index contributed by atoms with van der Waals surface area (Å²) >= 11 is 3.19. The molecule has 0 radical (unpaired) electrons. The molecule has 0 bridgehead atoms. The fraction of sp³-hybridized carbons (Fsp3) is 0.400. The number of carbonyl (C=O) groups excluding carboxylic acids is 1. The molecule has 82 valence electrons. The van der Waals surface area contributed by atoms with Gasteiger partial charge < -0.3 is 5.73 Å². The monoisotopic (exact) mass is 242 g/mol. The minimum Gasteiger partial charge on any atom is -0.369 e. The van der Waals surface area contributed by atoms with E-state index in [0.717, 1.165) is 26.2 Å². The summed E-state index contributed by atoms with van der Waals surface area (Å²) in [5, 5.41) is 0. The molecule has 15 heavy (non-hydrogen) atoms. The fourth-order valence-electron chi connectivity index (χ4n) is 0.970. The van der Waals surface area contributed by atoms with Crippen LogP contribution in [-0.2, 0) is 11.2 Å². The summed E-state index contributed by atoms with van der Waals surface area (Å²) in [5.74, 6) is 0.557. The van der Waals surface area contributed by atoms with Crippen LogP contribution in [0.25, 0.3) is 0 Å². The van der Waals surface area contributed by atoms with Crippen LogP contribution in [0.2, 0.25) is 0 Å². The first-order valence-electron chi connectivity index (χ1n) is 4.51. The molecule has 0 aliphatic carbocycles. The van der Waals surface area contributed by atoms with Gasteiger partial charge in [-0.15, -0.1) is 11.3 Å². The van der Waals surface area contributed by atoms with E-state index in [1.807, 2.05) is 13.8 Å². The lowest BCUT2D eigenvalue weighted by Crippen LogP contribution is -2.13. The molecule has 1 amide bonds. The van der Waals surface area contributed by atoms with Crippen molar-refractivity contribution in [1.29, 1.82) is 0 Å². The molecule has 0 aliphatic rings. The summed E-state index contributed by atoms with van der Waals surface area (Å²) in [7, 11) is 0. The Morgan fingerprint density at radius 3 is 2.87 bits per heavy atom. The average molecular weight is 242 g/mol. The predicted molar refractivity (Wildman–Crippen MR) is 65.3 cm³/mol. The summed E-state index contributed by atoms with van der Waals surface area (Å²) in [4.78, 5) is 16.1. The number of amides is 1. The average Bonchev–Trinajstić information content (AvgIpc) is 2.43. The molecule has 0 saturated carbocycles. The number of hydrogen-bond acceptors (Lipinski definition) is 4. The zero-order valence-corrected chi connectivity index (χ0v) is 10.5. The first-order chi connectivity index (χ1) is 6.99. The number of primary amides is 1. The van der Waals surface area contributed by atoms with Gasteiger partial charge in [-0.1, -0.05) is 23.9 Å². The van der Waals surface area contributed by atoms with Gasteiger partial charge in [0.1, 0.15) is 0 Å². The lowest BCUT2D eigenvalue weighted by molar-refractivity contribution is -0.117. The lowest BCUT2D eigenvalue weighted by Gasteiger charge is -1.94. The van der Waals surface area contributed by atoms with Crippen molar-refractivity contribution in [3.05, 3.63) is 22.7 Å². The van der Waals surface area contributed by atoms with Crippen molar-refractivity contribution in [3.63, 3.8) is 0 Å². The molecule has 0 aromatic carbocycles. The number of thioether (sulfide) groups is 1. The van der Waals surface area contributed by atoms with E-state index in [9.17, 15) is 4.79 Å². The number of aryl methyl sites for hydroxylation is 1. The van der Waals surface area contributed by atoms with Crippen molar-refractivity contribution < 1.29 is 4.79 Å². The van der Waals surface area contributed by atoms with Gasteiger partial charge in [-0.3, -0.25) is 4.79 Å². The van der Waals surface area contributed by atoms with Crippen molar-refractivity contribution in [2.45, 2.75) is 24.6 Å². The molecule has 1 aromatic heterocycles. The van der Waals surface area contributed by atoms with Crippen LogP contribution in [0.15, 0.2) is 16.5 Å². The van der Waals surface area contributed by atoms with Gasteiger partial charge in [-0.25, -0.2) is 4.98 Å². The first kappa shape index (κ1) is 12.3. The minimum absolute atomic E-state index is 0.289. The largest absolute Gasteiger partial charge is 0.369 e. The maximum Gasteiger partial charge on any atom is 0.222 e. The SMILES string of the molecule is C=C(C)CSc1nc(C)c(CC(N)=O)s1. The smallest absolute Gasteiger partial charge is 0.222 e. The van der Waals surface area contributed by atoms with Crippen molar-refractivity contribution >= 4 is 29.0 Å². The Bertz CT molecular complexity index is 385. The standard InChI is InChI=1S/C10H14N2OS2/c1-6(2)5-14-10-12-7(3)8(15-10)4-9(11)13/h1,4-5H2,2-3H3,(H2,11,13). The van der Waals surface area contributed by atoms with Crippen molar-refractivity contribution in [3.8, 4) is 0 Å². The number of hydrogen-bond donors (Lipinski definition) is 1. The Hall–Kier alpha value is -0.810. The van der Waals surface area contributed by atoms with Gasteiger partial charge in [0.25, 0.3) is 0 Å². The molecular weight excluding hydrogens is 228 g/mol. The van der Waals surface area contributed by atoms with Gasteiger partial charge in [0.05, 0.1) is 12.1 Å². The van der Waals surface area contributed by atoms with Gasteiger partial charge in [-0.2, -0.15) is 0 Å². The second-order valence-corrected chi connectivity index (χ2v) is 5.68. The predicted octanol–water partition coefficient (Wildman–Crippen LogP) is 2.15. The molecule has 1 heterocycles. The van der Waals surface area contributed by atoms with Crippen LogP contribution >= 0.6 is 23.1 Å². The highest BCUT2D eigenvalue weighted by molar-refractivity contribution is 8.01. The lowest BCUT2D eigenvalue weighted by atomic mass is 10.3. The molecule has 5 heteroatoms. The molecule has 0 aliphatic heterocycles. The van der Waals surface area contributed by atoms with Gasteiger partial charge >= 0.3 is 0 Å². The van der Waals surface area contributed by atoms with E-state index < -0.39 is 0 Å². The normalized spacial score (nSPS) is 10.3. The number of aromatic nitrogens is 1. The number of nitrogens with zero attached hydrogens (tertiary/aromatic N) is 1. The molecule has 3 nitrogen and oxygen atoms in total. The van der Waals surface area contributed by atoms with Crippen LogP contribution in [0.5, 0.6) is 0 Å². The van der Waals surface area contributed by atoms with Gasteiger partial charge in [0.15, 0.2) is 4.34 Å². The maximum atomic E-state index is 10.8. The zero-order chi connectivity index (χ0) is 11.4. The van der Waals surface area contributed by atoms with Gasteiger partial charge in [-0.05, 0) is 13.8 Å². The Labute approximate surface area is 97.8 Å². The summed E-state index contributed by atoms with van der Waals surface area (Å²) in [6.07, 6.45) is 0.289. The third kappa shape index (κ3) is 4.05. The molecule has 0 unspecified atom stereocenters. The summed E-state index contributed by atoms with van der Waals surface area (Å²) in [6, 6.07) is 0. The number of thiazole rings is 1. The van der Waals surface area contributed by atoms with E-state index in [2.05, 4.69) is 11.6 Å². The molecule has 1 aromatic rings. The first-order valence-corrected chi connectivity index (χ1v) is 6.31. The molecule has 0 spiro atoms. The van der Waals surface area contributed by atoms with Crippen LogP contribution in [0.4, 0.5) is 0 Å². The van der Waals surface area contributed by atoms with E-state index in [0.29, 0.717) is 0 Å². The molecule has 0 atom stereocenters.